The Labute approximate surface area is 111 Å². The Balaban J connectivity index is 2.18. The quantitative estimate of drug-likeness (QED) is 0.875. The molecule has 6 heteroatoms. The van der Waals surface area contributed by atoms with Crippen LogP contribution in [0.2, 0.25) is 0 Å². The van der Waals surface area contributed by atoms with Crippen molar-refractivity contribution in [3.05, 3.63) is 51.7 Å². The number of benzene rings is 1. The standard InChI is InChI=1S/C13H9F2NO2S/c1-7(17)11-4-5-12(19-11)13(18)16-10-3-2-8(14)6-9(10)15/h2-6H,1H3,(H,16,18). The van der Waals surface area contributed by atoms with Crippen LogP contribution in [0, 0.1) is 11.6 Å². The molecule has 1 aromatic carbocycles. The van der Waals surface area contributed by atoms with Crippen LogP contribution in [0.1, 0.15) is 26.3 Å². The molecule has 0 radical (unpaired) electrons. The van der Waals surface area contributed by atoms with Crippen LogP contribution in [0.5, 0.6) is 0 Å². The normalized spacial score (nSPS) is 10.3. The van der Waals surface area contributed by atoms with Gasteiger partial charge in [-0.15, -0.1) is 11.3 Å². The number of ketones is 1. The molecule has 1 N–H and O–H groups in total. The van der Waals surface area contributed by atoms with Crippen molar-refractivity contribution in [2.75, 3.05) is 5.32 Å². The van der Waals surface area contributed by atoms with Crippen molar-refractivity contribution in [1.29, 1.82) is 0 Å². The van der Waals surface area contributed by atoms with E-state index in [1.807, 2.05) is 0 Å². The highest BCUT2D eigenvalue weighted by Crippen LogP contribution is 2.20. The van der Waals surface area contributed by atoms with E-state index in [0.29, 0.717) is 10.9 Å². The zero-order valence-corrected chi connectivity index (χ0v) is 10.7. The van der Waals surface area contributed by atoms with Crippen molar-refractivity contribution < 1.29 is 18.4 Å². The molecule has 1 heterocycles. The molecule has 0 atom stereocenters. The van der Waals surface area contributed by atoms with E-state index in [2.05, 4.69) is 5.32 Å². The molecule has 0 unspecified atom stereocenters. The maximum atomic E-state index is 13.4. The molecule has 3 nitrogen and oxygen atoms in total. The summed E-state index contributed by atoms with van der Waals surface area (Å²) in [6, 6.07) is 5.89. The molecular weight excluding hydrogens is 272 g/mol. The average molecular weight is 281 g/mol. The van der Waals surface area contributed by atoms with Gasteiger partial charge in [0.05, 0.1) is 15.4 Å². The minimum Gasteiger partial charge on any atom is -0.319 e. The first kappa shape index (κ1) is 13.4. The van der Waals surface area contributed by atoms with Gasteiger partial charge in [-0.25, -0.2) is 8.78 Å². The zero-order chi connectivity index (χ0) is 14.0. The highest BCUT2D eigenvalue weighted by atomic mass is 32.1. The number of Topliss-reactive ketones (excluding diaryl/α,β-unsaturated/α-hetero) is 1. The van der Waals surface area contributed by atoms with E-state index in [1.54, 1.807) is 0 Å². The van der Waals surface area contributed by atoms with E-state index >= 15 is 0 Å². The van der Waals surface area contributed by atoms with E-state index in [4.69, 9.17) is 0 Å². The van der Waals surface area contributed by atoms with Gasteiger partial charge in [-0.2, -0.15) is 0 Å². The Bertz CT molecular complexity index is 652. The van der Waals surface area contributed by atoms with Crippen LogP contribution in [0.15, 0.2) is 30.3 Å². The number of hydrogen-bond donors (Lipinski definition) is 1. The highest BCUT2D eigenvalue weighted by molar-refractivity contribution is 7.16. The molecule has 2 aromatic rings. The van der Waals surface area contributed by atoms with Gasteiger partial charge >= 0.3 is 0 Å². The number of halogens is 2. The summed E-state index contributed by atoms with van der Waals surface area (Å²) in [4.78, 5) is 23.7. The minimum atomic E-state index is -0.850. The summed E-state index contributed by atoms with van der Waals surface area (Å²) in [5.41, 5.74) is -0.107. The monoisotopic (exact) mass is 281 g/mol. The Morgan fingerprint density at radius 2 is 1.79 bits per heavy atom. The number of carbonyl (C=O) groups is 2. The second kappa shape index (κ2) is 5.27. The third-order valence-corrected chi connectivity index (χ3v) is 3.54. The molecule has 2 rings (SSSR count). The van der Waals surface area contributed by atoms with Gasteiger partial charge in [0.25, 0.3) is 5.91 Å². The minimum absolute atomic E-state index is 0.107. The lowest BCUT2D eigenvalue weighted by molar-refractivity contribution is 0.101. The van der Waals surface area contributed by atoms with Gasteiger partial charge in [0.1, 0.15) is 11.6 Å². The van der Waals surface area contributed by atoms with Gasteiger partial charge in [-0.3, -0.25) is 9.59 Å². The lowest BCUT2D eigenvalue weighted by atomic mass is 10.3. The van der Waals surface area contributed by atoms with E-state index in [0.717, 1.165) is 23.5 Å². The smallest absolute Gasteiger partial charge is 0.265 e. The average Bonchev–Trinajstić information content (AvgIpc) is 2.82. The molecule has 1 amide bonds. The molecule has 0 aliphatic carbocycles. The summed E-state index contributed by atoms with van der Waals surface area (Å²) >= 11 is 1.02. The summed E-state index contributed by atoms with van der Waals surface area (Å²) in [6.07, 6.45) is 0. The van der Waals surface area contributed by atoms with E-state index in [9.17, 15) is 18.4 Å². The second-order valence-corrected chi connectivity index (χ2v) is 4.88. The zero-order valence-electron chi connectivity index (χ0n) is 9.87. The fraction of sp³-hybridized carbons (Fsp3) is 0.0769. The van der Waals surface area contributed by atoms with E-state index in [-0.39, 0.29) is 16.3 Å². The van der Waals surface area contributed by atoms with Gasteiger partial charge in [-0.1, -0.05) is 0 Å². The van der Waals surface area contributed by atoms with Crippen molar-refractivity contribution in [2.45, 2.75) is 6.92 Å². The van der Waals surface area contributed by atoms with Crippen molar-refractivity contribution in [3.63, 3.8) is 0 Å². The number of rotatable bonds is 3. The number of hydrogen-bond acceptors (Lipinski definition) is 3. The number of nitrogens with one attached hydrogen (secondary N) is 1. The SMILES string of the molecule is CC(=O)c1ccc(C(=O)Nc2ccc(F)cc2F)s1. The van der Waals surface area contributed by atoms with Gasteiger partial charge in [-0.05, 0) is 31.2 Å². The van der Waals surface area contributed by atoms with Crippen LogP contribution in [0.4, 0.5) is 14.5 Å². The van der Waals surface area contributed by atoms with Gasteiger partial charge in [0, 0.05) is 6.07 Å². The Morgan fingerprint density at radius 3 is 2.37 bits per heavy atom. The first-order valence-corrected chi connectivity index (χ1v) is 6.16. The summed E-state index contributed by atoms with van der Waals surface area (Å²) < 4.78 is 26.1. The molecule has 0 saturated heterocycles. The Kier molecular flexibility index (Phi) is 3.71. The van der Waals surface area contributed by atoms with Gasteiger partial charge in [0.15, 0.2) is 5.78 Å². The third kappa shape index (κ3) is 3.03. The first-order valence-electron chi connectivity index (χ1n) is 5.34. The molecule has 0 fully saturated rings. The predicted octanol–water partition coefficient (Wildman–Crippen LogP) is 3.48. The van der Waals surface area contributed by atoms with Gasteiger partial charge < -0.3 is 5.32 Å². The van der Waals surface area contributed by atoms with Crippen LogP contribution in [0.25, 0.3) is 0 Å². The molecule has 0 aliphatic heterocycles. The number of carbonyl (C=O) groups excluding carboxylic acids is 2. The predicted molar refractivity (Wildman–Crippen MR) is 68.6 cm³/mol. The van der Waals surface area contributed by atoms with Crippen LogP contribution < -0.4 is 5.32 Å². The molecule has 0 saturated carbocycles. The largest absolute Gasteiger partial charge is 0.319 e. The highest BCUT2D eigenvalue weighted by Gasteiger charge is 2.13. The maximum absolute atomic E-state index is 13.4. The summed E-state index contributed by atoms with van der Waals surface area (Å²) in [6.45, 7) is 1.40. The van der Waals surface area contributed by atoms with Crippen molar-refractivity contribution >= 4 is 28.7 Å². The Morgan fingerprint density at radius 1 is 1.11 bits per heavy atom. The van der Waals surface area contributed by atoms with E-state index in [1.165, 1.54) is 19.1 Å². The van der Waals surface area contributed by atoms with Crippen molar-refractivity contribution in [1.82, 2.24) is 0 Å². The van der Waals surface area contributed by atoms with Crippen LogP contribution in [-0.4, -0.2) is 11.7 Å². The molecule has 98 valence electrons. The summed E-state index contributed by atoms with van der Waals surface area (Å²) in [5, 5.41) is 2.32. The Hall–Kier alpha value is -2.08. The lowest BCUT2D eigenvalue weighted by Crippen LogP contribution is -2.11. The number of thiophene rings is 1. The second-order valence-electron chi connectivity index (χ2n) is 3.80. The summed E-state index contributed by atoms with van der Waals surface area (Å²) in [5.74, 6) is -2.25. The molecule has 0 bridgehead atoms. The van der Waals surface area contributed by atoms with Crippen LogP contribution in [0.3, 0.4) is 0 Å². The first-order chi connectivity index (χ1) is 8.97. The lowest BCUT2D eigenvalue weighted by Gasteiger charge is -2.04. The van der Waals surface area contributed by atoms with Gasteiger partial charge in [0.2, 0.25) is 0 Å². The van der Waals surface area contributed by atoms with Crippen LogP contribution in [-0.2, 0) is 0 Å². The van der Waals surface area contributed by atoms with E-state index < -0.39 is 17.5 Å². The summed E-state index contributed by atoms with van der Waals surface area (Å²) in [7, 11) is 0. The van der Waals surface area contributed by atoms with Crippen molar-refractivity contribution in [3.8, 4) is 0 Å². The topological polar surface area (TPSA) is 46.2 Å². The third-order valence-electron chi connectivity index (χ3n) is 2.36. The molecule has 19 heavy (non-hydrogen) atoms. The maximum Gasteiger partial charge on any atom is 0.265 e. The number of anilines is 1. The van der Waals surface area contributed by atoms with Crippen LogP contribution >= 0.6 is 11.3 Å². The molecule has 0 aliphatic rings. The fourth-order valence-corrected chi connectivity index (χ4v) is 2.22. The molecular formula is C13H9F2NO2S. The van der Waals surface area contributed by atoms with Crippen molar-refractivity contribution in [2.24, 2.45) is 0 Å². The molecule has 1 aromatic heterocycles. The number of amides is 1. The molecule has 0 spiro atoms. The fourth-order valence-electron chi connectivity index (χ4n) is 1.42.